The Kier molecular flexibility index (Phi) is 5.20. The average Bonchev–Trinajstić information content (AvgIpc) is 3.65. The van der Waals surface area contributed by atoms with E-state index >= 15 is 0 Å². The van der Waals surface area contributed by atoms with Crippen LogP contribution in [0.1, 0.15) is 0 Å². The van der Waals surface area contributed by atoms with Gasteiger partial charge in [0.2, 0.25) is 0 Å². The van der Waals surface area contributed by atoms with Crippen LogP contribution in [0.15, 0.2) is 160 Å². The molecule has 2 aromatic heterocycles. The highest BCUT2D eigenvalue weighted by molar-refractivity contribution is 6.32. The van der Waals surface area contributed by atoms with Gasteiger partial charge in [0.25, 0.3) is 0 Å². The normalized spacial score (nSPS) is 11.7. The smallest absolute Gasteiger partial charge is 0.160 e. The lowest BCUT2D eigenvalue weighted by Crippen LogP contribution is -2.10. The van der Waals surface area contributed by atoms with E-state index in [4.69, 9.17) is 8.83 Å². The Morgan fingerprint density at radius 3 is 1.86 bits per heavy atom. The molecule has 0 saturated carbocycles. The first-order chi connectivity index (χ1) is 21.3. The molecule has 0 aliphatic rings. The first kappa shape index (κ1) is 23.9. The molecular weight excluding hydrogens is 526 g/mol. The number of rotatable bonds is 4. The van der Waals surface area contributed by atoms with E-state index in [9.17, 15) is 0 Å². The van der Waals surface area contributed by atoms with E-state index in [1.165, 1.54) is 21.9 Å². The van der Waals surface area contributed by atoms with Crippen LogP contribution in [0, 0.1) is 0 Å². The van der Waals surface area contributed by atoms with Gasteiger partial charge in [0.15, 0.2) is 5.58 Å². The lowest BCUT2D eigenvalue weighted by molar-refractivity contribution is 0.663. The van der Waals surface area contributed by atoms with E-state index < -0.39 is 0 Å². The van der Waals surface area contributed by atoms with Crippen molar-refractivity contribution in [3.8, 4) is 11.1 Å². The van der Waals surface area contributed by atoms with E-state index in [1.807, 2.05) is 24.3 Å². The minimum absolute atomic E-state index is 0.834. The van der Waals surface area contributed by atoms with Crippen LogP contribution in [0.25, 0.3) is 65.8 Å². The van der Waals surface area contributed by atoms with Gasteiger partial charge in [0.1, 0.15) is 16.7 Å². The molecule has 0 bridgehead atoms. The number of nitrogens with zero attached hydrogens (tertiary/aromatic N) is 1. The Labute approximate surface area is 247 Å². The lowest BCUT2D eigenvalue weighted by Gasteiger charge is -2.25. The Balaban J connectivity index is 1.38. The number of benzene rings is 7. The number of anilines is 3. The number of hydrogen-bond donors (Lipinski definition) is 0. The fraction of sp³-hybridized carbons (Fsp3) is 0. The molecule has 0 atom stereocenters. The second-order valence-corrected chi connectivity index (χ2v) is 10.9. The fourth-order valence-corrected chi connectivity index (χ4v) is 6.50. The first-order valence-corrected chi connectivity index (χ1v) is 14.5. The third-order valence-corrected chi connectivity index (χ3v) is 8.44. The van der Waals surface area contributed by atoms with Gasteiger partial charge in [-0.2, -0.15) is 0 Å². The van der Waals surface area contributed by atoms with Gasteiger partial charge < -0.3 is 13.7 Å². The predicted octanol–water partition coefficient (Wildman–Crippen LogP) is 11.8. The summed E-state index contributed by atoms with van der Waals surface area (Å²) in [7, 11) is 0. The quantitative estimate of drug-likeness (QED) is 0.218. The van der Waals surface area contributed by atoms with Gasteiger partial charge in [-0.1, -0.05) is 109 Å². The molecule has 43 heavy (non-hydrogen) atoms. The molecule has 3 nitrogen and oxygen atoms in total. The highest BCUT2D eigenvalue weighted by atomic mass is 16.3. The molecule has 0 aliphatic carbocycles. The van der Waals surface area contributed by atoms with Crippen LogP contribution in [0.5, 0.6) is 0 Å². The van der Waals surface area contributed by atoms with Gasteiger partial charge in [-0.25, -0.2) is 0 Å². The van der Waals surface area contributed by atoms with Crippen molar-refractivity contribution in [3.63, 3.8) is 0 Å². The topological polar surface area (TPSA) is 29.5 Å². The predicted molar refractivity (Wildman–Crippen MR) is 179 cm³/mol. The molecule has 202 valence electrons. The van der Waals surface area contributed by atoms with Crippen molar-refractivity contribution in [2.75, 3.05) is 4.90 Å². The zero-order valence-corrected chi connectivity index (χ0v) is 23.2. The molecule has 0 saturated heterocycles. The van der Waals surface area contributed by atoms with Crippen LogP contribution < -0.4 is 4.90 Å². The van der Waals surface area contributed by atoms with Crippen LogP contribution >= 0.6 is 0 Å². The third-order valence-electron chi connectivity index (χ3n) is 8.44. The summed E-state index contributed by atoms with van der Waals surface area (Å²) in [5, 5.41) is 6.71. The Bertz CT molecular complexity index is 2440. The number of fused-ring (bicyclic) bond motifs is 9. The zero-order chi connectivity index (χ0) is 28.3. The van der Waals surface area contributed by atoms with Crippen molar-refractivity contribution < 1.29 is 8.83 Å². The van der Waals surface area contributed by atoms with Crippen LogP contribution in [0.4, 0.5) is 17.1 Å². The van der Waals surface area contributed by atoms with E-state index in [0.717, 1.165) is 60.9 Å². The maximum absolute atomic E-state index is 6.76. The van der Waals surface area contributed by atoms with Crippen LogP contribution in [0.3, 0.4) is 0 Å². The highest BCUT2D eigenvalue weighted by Crippen LogP contribution is 2.49. The summed E-state index contributed by atoms with van der Waals surface area (Å²) < 4.78 is 13.4. The molecular formula is C40H25NO2. The van der Waals surface area contributed by atoms with Crippen LogP contribution in [-0.4, -0.2) is 0 Å². The van der Waals surface area contributed by atoms with Gasteiger partial charge in [-0.3, -0.25) is 0 Å². The molecule has 9 aromatic rings. The molecule has 0 spiro atoms. The fourth-order valence-electron chi connectivity index (χ4n) is 6.50. The van der Waals surface area contributed by atoms with Crippen LogP contribution in [0.2, 0.25) is 0 Å². The maximum atomic E-state index is 6.76. The van der Waals surface area contributed by atoms with Gasteiger partial charge >= 0.3 is 0 Å². The van der Waals surface area contributed by atoms with Crippen molar-refractivity contribution in [2.45, 2.75) is 0 Å². The molecule has 0 fully saturated rings. The van der Waals surface area contributed by atoms with Crippen molar-refractivity contribution >= 4 is 71.7 Å². The molecule has 0 amide bonds. The molecule has 2 heterocycles. The summed E-state index contributed by atoms with van der Waals surface area (Å²) in [4.78, 5) is 2.27. The van der Waals surface area contributed by atoms with E-state index in [1.54, 1.807) is 0 Å². The second kappa shape index (κ2) is 9.37. The Hall–Kier alpha value is -5.80. The molecule has 3 heteroatoms. The first-order valence-electron chi connectivity index (χ1n) is 14.5. The molecule has 0 unspecified atom stereocenters. The van der Waals surface area contributed by atoms with Crippen molar-refractivity contribution in [2.24, 2.45) is 0 Å². The molecule has 9 rings (SSSR count). The Morgan fingerprint density at radius 1 is 0.395 bits per heavy atom. The molecule has 0 aliphatic heterocycles. The van der Waals surface area contributed by atoms with E-state index in [2.05, 4.69) is 132 Å². The molecule has 0 radical (unpaired) electrons. The van der Waals surface area contributed by atoms with E-state index in [0.29, 0.717) is 0 Å². The number of para-hydroxylation sites is 2. The van der Waals surface area contributed by atoms with Crippen molar-refractivity contribution in [3.05, 3.63) is 152 Å². The summed E-state index contributed by atoms with van der Waals surface area (Å²) >= 11 is 0. The van der Waals surface area contributed by atoms with Gasteiger partial charge in [-0.15, -0.1) is 0 Å². The third kappa shape index (κ3) is 3.68. The summed E-state index contributed by atoms with van der Waals surface area (Å²) in [6.45, 7) is 0. The maximum Gasteiger partial charge on any atom is 0.160 e. The lowest BCUT2D eigenvalue weighted by atomic mass is 9.99. The average molecular weight is 552 g/mol. The molecule has 0 N–H and O–H groups in total. The molecule has 7 aromatic carbocycles. The van der Waals surface area contributed by atoms with Gasteiger partial charge in [0.05, 0.1) is 5.69 Å². The Morgan fingerprint density at radius 2 is 1.05 bits per heavy atom. The minimum atomic E-state index is 0.834. The zero-order valence-electron chi connectivity index (χ0n) is 23.2. The van der Waals surface area contributed by atoms with Crippen molar-refractivity contribution in [1.29, 1.82) is 0 Å². The van der Waals surface area contributed by atoms with Crippen LogP contribution in [-0.2, 0) is 0 Å². The summed E-state index contributed by atoms with van der Waals surface area (Å²) in [6.07, 6.45) is 0. The summed E-state index contributed by atoms with van der Waals surface area (Å²) in [5.74, 6) is 0. The number of hydrogen-bond acceptors (Lipinski definition) is 3. The summed E-state index contributed by atoms with van der Waals surface area (Å²) in [5.41, 5.74) is 8.76. The minimum Gasteiger partial charge on any atom is -0.456 e. The summed E-state index contributed by atoms with van der Waals surface area (Å²) in [6, 6.07) is 52.8. The largest absolute Gasteiger partial charge is 0.456 e. The van der Waals surface area contributed by atoms with Gasteiger partial charge in [-0.05, 0) is 58.3 Å². The standard InChI is InChI=1S/C40H25NO2/c1-3-11-26(12-4-1)27-19-22-30(23-20-27)41(29-14-5-2-6-15-29)33-25-36-39(38-32-17-9-10-18-34(32)43-40(33)38)37-31-16-8-7-13-28(31)21-24-35(37)42-36/h1-25H. The highest BCUT2D eigenvalue weighted by Gasteiger charge is 2.25. The number of furan rings is 2. The SMILES string of the molecule is c1ccc(-c2ccc(N(c3ccccc3)c3cc4oc5ccc6ccccc6c5c4c4c3oc3ccccc34)cc2)cc1. The van der Waals surface area contributed by atoms with Crippen molar-refractivity contribution in [1.82, 2.24) is 0 Å². The van der Waals surface area contributed by atoms with E-state index in [-0.39, 0.29) is 0 Å². The second-order valence-electron chi connectivity index (χ2n) is 10.9. The monoisotopic (exact) mass is 551 g/mol. The van der Waals surface area contributed by atoms with Gasteiger partial charge in [0, 0.05) is 39.0 Å².